The molecule has 2 heterocycles. The van der Waals surface area contributed by atoms with Gasteiger partial charge in [-0.1, -0.05) is 36.0 Å². The summed E-state index contributed by atoms with van der Waals surface area (Å²) in [5, 5.41) is 4.06. The molecule has 11 heteroatoms. The molecule has 5 aromatic rings. The van der Waals surface area contributed by atoms with Crippen LogP contribution in [0.25, 0.3) is 22.0 Å². The van der Waals surface area contributed by atoms with Gasteiger partial charge < -0.3 is 19.5 Å². The Morgan fingerprint density at radius 1 is 0.957 bits per heavy atom. The minimum atomic E-state index is -0.254. The molecule has 1 amide bonds. The van der Waals surface area contributed by atoms with Crippen LogP contribution in [0.2, 0.25) is 0 Å². The number of anilines is 1. The summed E-state index contributed by atoms with van der Waals surface area (Å²) in [6, 6.07) is 19.6. The van der Waals surface area contributed by atoms with Crippen molar-refractivity contribution in [3.8, 4) is 22.9 Å². The smallest absolute Gasteiger partial charge is 0.267 e. The zero-order valence-corrected chi connectivity index (χ0v) is 27.8. The number of benzene rings is 3. The monoisotopic (exact) mass is 667 g/mol. The van der Waals surface area contributed by atoms with Gasteiger partial charge in [0.25, 0.3) is 5.56 Å². The fourth-order valence-corrected chi connectivity index (χ4v) is 7.71. The second-order valence-electron chi connectivity index (χ2n) is 10.8. The third-order valence-corrected chi connectivity index (χ3v) is 10.00. The van der Waals surface area contributed by atoms with Gasteiger partial charge in [0.05, 0.1) is 38.2 Å². The number of ether oxygens (including phenoxy) is 3. The number of ketones is 1. The van der Waals surface area contributed by atoms with E-state index in [-0.39, 0.29) is 23.0 Å². The maximum Gasteiger partial charge on any atom is 0.267 e. The van der Waals surface area contributed by atoms with Gasteiger partial charge in [-0.2, -0.15) is 0 Å². The number of nitrogens with one attached hydrogen (secondary N) is 1. The number of allylic oxidation sites excluding steroid dienone is 1. The number of hydrogen-bond acceptors (Lipinski definition) is 9. The van der Waals surface area contributed by atoms with Gasteiger partial charge in [0, 0.05) is 16.1 Å². The third-order valence-electron chi connectivity index (χ3n) is 7.87. The number of carbonyl (C=O) groups is 2. The zero-order valence-electron chi connectivity index (χ0n) is 26.2. The van der Waals surface area contributed by atoms with E-state index in [4.69, 9.17) is 19.2 Å². The highest BCUT2D eigenvalue weighted by Crippen LogP contribution is 2.39. The van der Waals surface area contributed by atoms with Gasteiger partial charge in [-0.05, 0) is 91.4 Å². The number of para-hydroxylation sites is 1. The number of aryl methyl sites for hydroxylation is 2. The van der Waals surface area contributed by atoms with Gasteiger partial charge in [-0.25, -0.2) is 4.98 Å². The van der Waals surface area contributed by atoms with Crippen molar-refractivity contribution >= 4 is 56.8 Å². The predicted molar refractivity (Wildman–Crippen MR) is 187 cm³/mol. The maximum absolute atomic E-state index is 13.9. The van der Waals surface area contributed by atoms with Gasteiger partial charge in [-0.15, -0.1) is 11.3 Å². The largest absolute Gasteiger partial charge is 0.493 e. The minimum absolute atomic E-state index is 0.0497. The number of carbonyl (C=O) groups excluding carboxylic acids is 2. The van der Waals surface area contributed by atoms with Crippen LogP contribution in [0.15, 0.2) is 82.8 Å². The Bertz CT molecular complexity index is 2010. The Labute approximate surface area is 280 Å². The first-order valence-corrected chi connectivity index (χ1v) is 16.9. The highest BCUT2D eigenvalue weighted by atomic mass is 32.2. The van der Waals surface area contributed by atoms with Crippen LogP contribution in [-0.4, -0.2) is 48.3 Å². The van der Waals surface area contributed by atoms with Gasteiger partial charge >= 0.3 is 0 Å². The van der Waals surface area contributed by atoms with Crippen molar-refractivity contribution in [3.05, 3.63) is 105 Å². The molecule has 240 valence electrons. The van der Waals surface area contributed by atoms with E-state index < -0.39 is 0 Å². The van der Waals surface area contributed by atoms with E-state index in [0.29, 0.717) is 50.3 Å². The molecule has 0 spiro atoms. The van der Waals surface area contributed by atoms with Crippen LogP contribution >= 0.6 is 23.1 Å². The SMILES string of the molecule is COc1cc(/C=C/C(=O)c2ccc(NC(=O)CSc3nc4sc5c(c4c(=O)n3-c3ccccc3)CCCC5)cc2)cc(OC)c1OC. The summed E-state index contributed by atoms with van der Waals surface area (Å²) < 4.78 is 17.7. The van der Waals surface area contributed by atoms with Crippen molar-refractivity contribution in [1.29, 1.82) is 0 Å². The fraction of sp³-hybridized carbons (Fsp3) is 0.222. The van der Waals surface area contributed by atoms with Gasteiger partial charge in [0.15, 0.2) is 22.4 Å². The van der Waals surface area contributed by atoms with E-state index >= 15 is 0 Å². The van der Waals surface area contributed by atoms with Crippen molar-refractivity contribution in [1.82, 2.24) is 9.55 Å². The number of hydrogen-bond donors (Lipinski definition) is 1. The van der Waals surface area contributed by atoms with Crippen LogP contribution in [0, 0.1) is 0 Å². The molecule has 1 aliphatic rings. The van der Waals surface area contributed by atoms with Crippen LogP contribution in [-0.2, 0) is 17.6 Å². The average molecular weight is 668 g/mol. The molecule has 0 radical (unpaired) electrons. The molecule has 47 heavy (non-hydrogen) atoms. The third kappa shape index (κ3) is 6.81. The Balaban J connectivity index is 1.15. The van der Waals surface area contributed by atoms with E-state index in [1.165, 1.54) is 44.0 Å². The second-order valence-corrected chi connectivity index (χ2v) is 12.9. The van der Waals surface area contributed by atoms with Crippen LogP contribution in [0.5, 0.6) is 17.2 Å². The van der Waals surface area contributed by atoms with E-state index in [9.17, 15) is 14.4 Å². The summed E-state index contributed by atoms with van der Waals surface area (Å²) in [5.74, 6) is 1.04. The zero-order chi connectivity index (χ0) is 32.9. The van der Waals surface area contributed by atoms with Crippen molar-refractivity contribution in [3.63, 3.8) is 0 Å². The van der Waals surface area contributed by atoms with Gasteiger partial charge in [-0.3, -0.25) is 19.0 Å². The summed E-state index contributed by atoms with van der Waals surface area (Å²) in [5.41, 5.74) is 3.47. The minimum Gasteiger partial charge on any atom is -0.493 e. The summed E-state index contributed by atoms with van der Waals surface area (Å²) in [6.07, 6.45) is 7.19. The van der Waals surface area contributed by atoms with Crippen molar-refractivity contribution in [2.45, 2.75) is 30.8 Å². The first-order valence-electron chi connectivity index (χ1n) is 15.1. The molecule has 1 N–H and O–H groups in total. The van der Waals surface area contributed by atoms with Crippen LogP contribution in [0.4, 0.5) is 5.69 Å². The molecule has 0 saturated carbocycles. The molecule has 2 aromatic heterocycles. The summed E-state index contributed by atoms with van der Waals surface area (Å²) in [6.45, 7) is 0. The standard InChI is InChI=1S/C36H33N3O6S2/c1-43-28-19-22(20-29(44-2)33(28)45-3)13-18-27(40)23-14-16-24(17-15-23)37-31(41)21-46-36-38-34-32(26-11-7-8-12-30(26)47-34)35(42)39(36)25-9-5-4-6-10-25/h4-6,9-10,13-20H,7-8,11-12,21H2,1-3H3,(H,37,41)/b18-13+. The number of fused-ring (bicyclic) bond motifs is 3. The number of amides is 1. The Morgan fingerprint density at radius 2 is 1.66 bits per heavy atom. The van der Waals surface area contributed by atoms with Crippen LogP contribution in [0.1, 0.15) is 39.2 Å². The highest BCUT2D eigenvalue weighted by molar-refractivity contribution is 7.99. The molecule has 1 aliphatic carbocycles. The quantitative estimate of drug-likeness (QED) is 0.0696. The lowest BCUT2D eigenvalue weighted by Gasteiger charge is -2.13. The number of aromatic nitrogens is 2. The molecule has 3 aromatic carbocycles. The fourth-order valence-electron chi connectivity index (χ4n) is 5.60. The molecule has 0 aliphatic heterocycles. The van der Waals surface area contributed by atoms with Crippen molar-refractivity contribution in [2.24, 2.45) is 0 Å². The van der Waals surface area contributed by atoms with E-state index in [1.807, 2.05) is 30.3 Å². The van der Waals surface area contributed by atoms with E-state index in [1.54, 1.807) is 58.4 Å². The lowest BCUT2D eigenvalue weighted by Crippen LogP contribution is -2.23. The predicted octanol–water partition coefficient (Wildman–Crippen LogP) is 6.98. The first-order chi connectivity index (χ1) is 22.9. The van der Waals surface area contributed by atoms with Crippen LogP contribution < -0.4 is 25.1 Å². The lowest BCUT2D eigenvalue weighted by atomic mass is 9.97. The Hall–Kier alpha value is -4.87. The van der Waals surface area contributed by atoms with E-state index in [0.717, 1.165) is 36.1 Å². The van der Waals surface area contributed by atoms with Crippen molar-refractivity contribution in [2.75, 3.05) is 32.4 Å². The normalized spacial score (nSPS) is 12.6. The molecule has 0 atom stereocenters. The van der Waals surface area contributed by atoms with Crippen molar-refractivity contribution < 1.29 is 23.8 Å². The van der Waals surface area contributed by atoms with Crippen LogP contribution in [0.3, 0.4) is 0 Å². The second kappa shape index (κ2) is 14.3. The number of thiophene rings is 1. The molecular formula is C36H33N3O6S2. The number of thioether (sulfide) groups is 1. The topological polar surface area (TPSA) is 109 Å². The summed E-state index contributed by atoms with van der Waals surface area (Å²) >= 11 is 2.81. The lowest BCUT2D eigenvalue weighted by molar-refractivity contribution is -0.113. The Morgan fingerprint density at radius 3 is 2.34 bits per heavy atom. The molecule has 0 saturated heterocycles. The number of rotatable bonds is 11. The van der Waals surface area contributed by atoms with Gasteiger partial charge in [0.1, 0.15) is 4.83 Å². The molecule has 9 nitrogen and oxygen atoms in total. The summed E-state index contributed by atoms with van der Waals surface area (Å²) in [4.78, 5) is 46.7. The maximum atomic E-state index is 13.9. The number of methoxy groups -OCH3 is 3. The Kier molecular flexibility index (Phi) is 9.74. The summed E-state index contributed by atoms with van der Waals surface area (Å²) in [7, 11) is 4.59. The molecule has 0 unspecified atom stereocenters. The average Bonchev–Trinajstić information content (AvgIpc) is 3.48. The molecule has 0 bridgehead atoms. The molecular weight excluding hydrogens is 635 g/mol. The number of nitrogens with zero attached hydrogens (tertiary/aromatic N) is 2. The van der Waals surface area contributed by atoms with Gasteiger partial charge in [0.2, 0.25) is 11.7 Å². The highest BCUT2D eigenvalue weighted by Gasteiger charge is 2.23. The first kappa shape index (κ1) is 32.1. The van der Waals surface area contributed by atoms with E-state index in [2.05, 4.69) is 5.32 Å². The molecule has 6 rings (SSSR count). The molecule has 0 fully saturated rings.